The molecule has 1 saturated heterocycles. The molecule has 5 nitrogen and oxygen atoms in total. The number of nitrogens with zero attached hydrogens (tertiary/aromatic N) is 4. The third-order valence-corrected chi connectivity index (χ3v) is 5.06. The van der Waals surface area contributed by atoms with E-state index in [1.54, 1.807) is 0 Å². The summed E-state index contributed by atoms with van der Waals surface area (Å²) in [6.07, 6.45) is 3.66. The summed E-state index contributed by atoms with van der Waals surface area (Å²) in [6, 6.07) is 12.1. The Morgan fingerprint density at radius 3 is 2.15 bits per heavy atom. The van der Waals surface area contributed by atoms with Crippen molar-refractivity contribution in [1.82, 2.24) is 14.8 Å². The number of carbonyl (C=O) groups is 1. The Morgan fingerprint density at radius 2 is 1.58 bits per heavy atom. The minimum Gasteiger partial charge on any atom is -0.372 e. The van der Waals surface area contributed by atoms with Crippen LogP contribution in [0.2, 0.25) is 0 Å². The molecule has 0 bridgehead atoms. The van der Waals surface area contributed by atoms with Gasteiger partial charge in [-0.3, -0.25) is 14.7 Å². The molecule has 0 spiro atoms. The maximum absolute atomic E-state index is 12.8. The molecule has 1 aliphatic rings. The van der Waals surface area contributed by atoms with Gasteiger partial charge in [0, 0.05) is 69.5 Å². The van der Waals surface area contributed by atoms with Gasteiger partial charge in [-0.2, -0.15) is 0 Å². The number of anilines is 1. The second-order valence-corrected chi connectivity index (χ2v) is 6.64. The van der Waals surface area contributed by atoms with Gasteiger partial charge in [0.15, 0.2) is 0 Å². The fourth-order valence-corrected chi connectivity index (χ4v) is 3.44. The normalized spacial score (nSPS) is 15.1. The van der Waals surface area contributed by atoms with Crippen LogP contribution in [0, 0.1) is 0 Å². The van der Waals surface area contributed by atoms with Crippen molar-refractivity contribution < 1.29 is 4.79 Å². The molecule has 5 heteroatoms. The van der Waals surface area contributed by atoms with E-state index in [1.165, 1.54) is 11.3 Å². The minimum absolute atomic E-state index is 0.139. The number of pyridine rings is 1. The van der Waals surface area contributed by atoms with Crippen LogP contribution in [-0.2, 0) is 6.54 Å². The molecule has 0 saturated carbocycles. The van der Waals surface area contributed by atoms with E-state index in [-0.39, 0.29) is 5.91 Å². The number of hydrogen-bond acceptors (Lipinski definition) is 4. The molecule has 0 atom stereocenters. The number of rotatable bonds is 6. The van der Waals surface area contributed by atoms with Gasteiger partial charge in [0.25, 0.3) is 5.91 Å². The molecule has 1 aromatic carbocycles. The first kappa shape index (κ1) is 18.4. The van der Waals surface area contributed by atoms with Gasteiger partial charge in [-0.15, -0.1) is 0 Å². The maximum atomic E-state index is 12.8. The van der Waals surface area contributed by atoms with Gasteiger partial charge in [-0.1, -0.05) is 0 Å². The van der Waals surface area contributed by atoms with Gasteiger partial charge in [0.2, 0.25) is 0 Å². The summed E-state index contributed by atoms with van der Waals surface area (Å²) in [7, 11) is 0. The number of amides is 1. The van der Waals surface area contributed by atoms with Crippen LogP contribution in [0.15, 0.2) is 48.8 Å². The summed E-state index contributed by atoms with van der Waals surface area (Å²) in [5.41, 5.74) is 3.23. The summed E-state index contributed by atoms with van der Waals surface area (Å²) >= 11 is 0. The highest BCUT2D eigenvalue weighted by atomic mass is 16.2. The SMILES string of the molecule is CCN(CC)c1ccc(C(=O)N2CCN(Cc3ccncc3)CC2)cc1. The lowest BCUT2D eigenvalue weighted by molar-refractivity contribution is 0.0628. The van der Waals surface area contributed by atoms with E-state index in [0.717, 1.165) is 51.4 Å². The Hall–Kier alpha value is -2.40. The van der Waals surface area contributed by atoms with Crippen LogP contribution in [0.5, 0.6) is 0 Å². The van der Waals surface area contributed by atoms with E-state index < -0.39 is 0 Å². The van der Waals surface area contributed by atoms with Crippen LogP contribution in [0.3, 0.4) is 0 Å². The second kappa shape index (κ2) is 8.81. The molecule has 138 valence electrons. The average Bonchev–Trinajstić information content (AvgIpc) is 2.70. The Bertz CT molecular complexity index is 690. The quantitative estimate of drug-likeness (QED) is 0.801. The van der Waals surface area contributed by atoms with Crippen molar-refractivity contribution in [3.63, 3.8) is 0 Å². The topological polar surface area (TPSA) is 39.7 Å². The van der Waals surface area contributed by atoms with Crippen molar-refractivity contribution in [2.24, 2.45) is 0 Å². The van der Waals surface area contributed by atoms with E-state index in [0.29, 0.717) is 0 Å². The van der Waals surface area contributed by atoms with Gasteiger partial charge in [0.05, 0.1) is 0 Å². The molecule has 1 fully saturated rings. The Morgan fingerprint density at radius 1 is 0.962 bits per heavy atom. The largest absolute Gasteiger partial charge is 0.372 e. The van der Waals surface area contributed by atoms with E-state index in [2.05, 4.69) is 52.9 Å². The number of piperazine rings is 1. The molecular weight excluding hydrogens is 324 g/mol. The molecule has 1 amide bonds. The van der Waals surface area contributed by atoms with Crippen molar-refractivity contribution in [2.75, 3.05) is 44.2 Å². The molecule has 0 unspecified atom stereocenters. The predicted octanol–water partition coefficient (Wildman–Crippen LogP) is 2.89. The van der Waals surface area contributed by atoms with Gasteiger partial charge in [0.1, 0.15) is 0 Å². The van der Waals surface area contributed by atoms with Crippen LogP contribution in [0.1, 0.15) is 29.8 Å². The molecule has 1 aromatic heterocycles. The number of carbonyl (C=O) groups excluding carboxylic acids is 1. The fourth-order valence-electron chi connectivity index (χ4n) is 3.44. The highest BCUT2D eigenvalue weighted by molar-refractivity contribution is 5.94. The van der Waals surface area contributed by atoms with Crippen LogP contribution in [0.4, 0.5) is 5.69 Å². The van der Waals surface area contributed by atoms with Gasteiger partial charge >= 0.3 is 0 Å². The molecule has 26 heavy (non-hydrogen) atoms. The van der Waals surface area contributed by atoms with Crippen molar-refractivity contribution in [3.05, 3.63) is 59.9 Å². The highest BCUT2D eigenvalue weighted by Gasteiger charge is 2.22. The van der Waals surface area contributed by atoms with E-state index in [9.17, 15) is 4.79 Å². The Labute approximate surface area is 156 Å². The zero-order valence-electron chi connectivity index (χ0n) is 15.8. The summed E-state index contributed by atoms with van der Waals surface area (Å²) in [5, 5.41) is 0. The van der Waals surface area contributed by atoms with Crippen molar-refractivity contribution in [1.29, 1.82) is 0 Å². The predicted molar refractivity (Wildman–Crippen MR) is 105 cm³/mol. The zero-order chi connectivity index (χ0) is 18.4. The van der Waals surface area contributed by atoms with Crippen molar-refractivity contribution >= 4 is 11.6 Å². The van der Waals surface area contributed by atoms with E-state index in [4.69, 9.17) is 0 Å². The monoisotopic (exact) mass is 352 g/mol. The standard InChI is InChI=1S/C21H28N4O/c1-3-24(4-2)20-7-5-19(6-8-20)21(26)25-15-13-23(14-16-25)17-18-9-11-22-12-10-18/h5-12H,3-4,13-17H2,1-2H3. The third kappa shape index (κ3) is 4.41. The Kier molecular flexibility index (Phi) is 6.23. The summed E-state index contributed by atoms with van der Waals surface area (Å²) in [4.78, 5) is 23.5. The van der Waals surface area contributed by atoms with Crippen LogP contribution < -0.4 is 4.90 Å². The number of hydrogen-bond donors (Lipinski definition) is 0. The summed E-state index contributed by atoms with van der Waals surface area (Å²) in [5.74, 6) is 0.139. The minimum atomic E-state index is 0.139. The fraction of sp³-hybridized carbons (Fsp3) is 0.429. The molecule has 0 radical (unpaired) electrons. The van der Waals surface area contributed by atoms with Crippen molar-refractivity contribution in [2.45, 2.75) is 20.4 Å². The second-order valence-electron chi connectivity index (χ2n) is 6.64. The molecule has 3 rings (SSSR count). The molecule has 0 N–H and O–H groups in total. The van der Waals surface area contributed by atoms with E-state index >= 15 is 0 Å². The highest BCUT2D eigenvalue weighted by Crippen LogP contribution is 2.17. The maximum Gasteiger partial charge on any atom is 0.253 e. The smallest absolute Gasteiger partial charge is 0.253 e. The molecule has 2 aromatic rings. The summed E-state index contributed by atoms with van der Waals surface area (Å²) < 4.78 is 0. The Balaban J connectivity index is 1.55. The lowest BCUT2D eigenvalue weighted by Gasteiger charge is -2.34. The first-order valence-electron chi connectivity index (χ1n) is 9.46. The molecule has 1 aliphatic heterocycles. The van der Waals surface area contributed by atoms with Gasteiger partial charge in [-0.25, -0.2) is 0 Å². The summed E-state index contributed by atoms with van der Waals surface area (Å²) in [6.45, 7) is 10.5. The molecule has 0 aliphatic carbocycles. The van der Waals surface area contributed by atoms with E-state index in [1.807, 2.05) is 29.4 Å². The zero-order valence-corrected chi connectivity index (χ0v) is 15.8. The number of aromatic nitrogens is 1. The van der Waals surface area contributed by atoms with Crippen LogP contribution in [-0.4, -0.2) is 60.0 Å². The lowest BCUT2D eigenvalue weighted by atomic mass is 10.1. The lowest BCUT2D eigenvalue weighted by Crippen LogP contribution is -2.48. The van der Waals surface area contributed by atoms with Crippen LogP contribution >= 0.6 is 0 Å². The molecular formula is C21H28N4O. The van der Waals surface area contributed by atoms with Crippen molar-refractivity contribution in [3.8, 4) is 0 Å². The third-order valence-electron chi connectivity index (χ3n) is 5.06. The van der Waals surface area contributed by atoms with Gasteiger partial charge in [-0.05, 0) is 55.8 Å². The first-order valence-corrected chi connectivity index (χ1v) is 9.46. The average molecular weight is 352 g/mol. The molecule has 2 heterocycles. The van der Waals surface area contributed by atoms with Gasteiger partial charge < -0.3 is 9.80 Å². The number of benzene rings is 1. The van der Waals surface area contributed by atoms with Crippen LogP contribution in [0.25, 0.3) is 0 Å². The first-order chi connectivity index (χ1) is 12.7.